The van der Waals surface area contributed by atoms with Crippen molar-refractivity contribution in [2.45, 2.75) is 0 Å². The quantitative estimate of drug-likeness (QED) is 0.635. The van der Waals surface area contributed by atoms with Crippen LogP contribution in [-0.4, -0.2) is 5.48 Å². The van der Waals surface area contributed by atoms with E-state index in [0.717, 1.165) is 0 Å². The van der Waals surface area contributed by atoms with Crippen LogP contribution in [0.15, 0.2) is 0 Å². The number of rotatable bonds is 0. The van der Waals surface area contributed by atoms with Crippen molar-refractivity contribution in [3.8, 4) is 0 Å². The Kier molecular flexibility index (Phi) is 25.8. The number of halogens is 4. The van der Waals surface area contributed by atoms with Gasteiger partial charge in [0.15, 0.2) is 0 Å². The van der Waals surface area contributed by atoms with Crippen molar-refractivity contribution >= 4 is 41.2 Å². The van der Waals surface area contributed by atoms with Crippen LogP contribution in [0.2, 0.25) is 0 Å². The maximum atomic E-state index is 4.97. The maximum absolute atomic E-state index is 4.97. The van der Waals surface area contributed by atoms with Crippen molar-refractivity contribution in [1.29, 1.82) is 0 Å². The summed E-state index contributed by atoms with van der Waals surface area (Å²) in [5.41, 5.74) is 0. The summed E-state index contributed by atoms with van der Waals surface area (Å²) < 4.78 is 0. The average molecular weight is 353 g/mol. The van der Waals surface area contributed by atoms with Crippen LogP contribution in [0.3, 0.4) is 0 Å². The van der Waals surface area contributed by atoms with Gasteiger partial charge >= 0.3 is 42.2 Å². The second-order valence-corrected chi connectivity index (χ2v) is 10.5. The summed E-state index contributed by atoms with van der Waals surface area (Å²) in [5, 5.41) is 0. The molecule has 46 valence electrons. The van der Waals surface area contributed by atoms with E-state index in [0.29, 0.717) is 0 Å². The van der Waals surface area contributed by atoms with Gasteiger partial charge in [0.2, 0.25) is 0 Å². The van der Waals surface area contributed by atoms with Crippen LogP contribution in [0.25, 0.3) is 0 Å². The Bertz CT molecular complexity index is 12.3. The predicted octanol–water partition coefficient (Wildman–Crippen LogP) is 1.66. The van der Waals surface area contributed by atoms with Crippen LogP contribution >= 0.6 is 41.2 Å². The molecule has 0 unspecified atom stereocenters. The Hall–Kier alpha value is 1.77. The fourth-order valence-corrected chi connectivity index (χ4v) is 0. The number of hydrogen-bond donors (Lipinski definition) is 0. The van der Waals surface area contributed by atoms with Gasteiger partial charge in [-0.3, -0.25) is 0 Å². The molecule has 0 aliphatic carbocycles. The van der Waals surface area contributed by atoms with E-state index in [1.54, 1.807) is 0 Å². The summed E-state index contributed by atoms with van der Waals surface area (Å²) in [4.78, 5) is 0. The van der Waals surface area contributed by atoms with Gasteiger partial charge in [-0.1, -0.05) is 0 Å². The number of hydrogen-bond acceptors (Lipinski definition) is 0. The monoisotopic (exact) mass is 352 g/mol. The molecule has 0 aliphatic heterocycles. The van der Waals surface area contributed by atoms with E-state index in [2.05, 4.69) is 0 Å². The third kappa shape index (κ3) is 41.9. The molecule has 0 amide bonds. The van der Waals surface area contributed by atoms with Crippen molar-refractivity contribution in [2.24, 2.45) is 0 Å². The molecular formula is H3Cl4IrO. The minimum atomic E-state index is -1.92. The van der Waals surface area contributed by atoms with Crippen LogP contribution in [0.5, 0.6) is 0 Å². The van der Waals surface area contributed by atoms with E-state index < -0.39 is 13.5 Å². The molecule has 6 heavy (non-hydrogen) atoms. The van der Waals surface area contributed by atoms with Crippen LogP contribution in [0.4, 0.5) is 0 Å². The van der Waals surface area contributed by atoms with Crippen LogP contribution in [0.1, 0.15) is 0 Å². The molecule has 0 heterocycles. The molecule has 0 atom stereocenters. The fourth-order valence-electron chi connectivity index (χ4n) is 0. The molecule has 0 aliphatic rings. The zero-order valence-electron chi connectivity index (χ0n) is 2.38. The van der Waals surface area contributed by atoms with Gasteiger partial charge < -0.3 is 5.48 Å². The first-order valence-electron chi connectivity index (χ1n) is 0.378. The summed E-state index contributed by atoms with van der Waals surface area (Å²) in [6.07, 6.45) is 0. The third-order valence-electron chi connectivity index (χ3n) is 0. The Morgan fingerprint density at radius 1 is 1.00 bits per heavy atom. The van der Waals surface area contributed by atoms with Gasteiger partial charge in [0.25, 0.3) is 0 Å². The third-order valence-corrected chi connectivity index (χ3v) is 0. The molecule has 1 nitrogen and oxygen atoms in total. The molecule has 0 fully saturated rings. The van der Waals surface area contributed by atoms with Gasteiger partial charge in [0, 0.05) is 0 Å². The van der Waals surface area contributed by atoms with E-state index in [-0.39, 0.29) is 17.9 Å². The van der Waals surface area contributed by atoms with Crippen molar-refractivity contribution in [3.05, 3.63) is 0 Å². The Morgan fingerprint density at radius 3 is 1.00 bits per heavy atom. The molecule has 0 aromatic heterocycles. The second-order valence-electron chi connectivity index (χ2n) is 0.143. The predicted molar refractivity (Wildman–Crippen MR) is 28.4 cm³/mol. The van der Waals surface area contributed by atoms with E-state index in [4.69, 9.17) is 28.8 Å². The van der Waals surface area contributed by atoms with Gasteiger partial charge in [-0.25, -0.2) is 0 Å². The average Bonchev–Trinajstić information content (AvgIpc) is 0.811. The van der Waals surface area contributed by atoms with Gasteiger partial charge in [0.1, 0.15) is 0 Å². The van der Waals surface area contributed by atoms with E-state index in [1.165, 1.54) is 0 Å². The zero-order valence-corrected chi connectivity index (χ0v) is 7.85. The van der Waals surface area contributed by atoms with E-state index >= 15 is 0 Å². The molecule has 2 N–H and O–H groups in total. The fraction of sp³-hybridized carbons (Fsp3) is 0. The van der Waals surface area contributed by atoms with Gasteiger partial charge in [0.05, 0.1) is 0 Å². The summed E-state index contributed by atoms with van der Waals surface area (Å²) in [5.74, 6) is 0. The molecule has 0 radical (unpaired) electrons. The summed E-state index contributed by atoms with van der Waals surface area (Å²) in [6, 6.07) is 0. The van der Waals surface area contributed by atoms with Gasteiger partial charge in [-0.15, -0.1) is 12.4 Å². The first-order chi connectivity index (χ1) is 1.73. The minimum absolute atomic E-state index is 0. The van der Waals surface area contributed by atoms with Crippen molar-refractivity contribution < 1.29 is 18.9 Å². The van der Waals surface area contributed by atoms with Gasteiger partial charge in [-0.05, 0) is 0 Å². The Morgan fingerprint density at radius 2 is 1.00 bits per heavy atom. The summed E-state index contributed by atoms with van der Waals surface area (Å²) >= 11 is -1.92. The van der Waals surface area contributed by atoms with Crippen LogP contribution in [-0.2, 0) is 13.5 Å². The first-order valence-corrected chi connectivity index (χ1v) is 9.28. The molecule has 0 saturated carbocycles. The molecule has 0 rings (SSSR count). The second kappa shape index (κ2) is 9.91. The molecule has 0 aromatic rings. The zero-order chi connectivity index (χ0) is 3.58. The standard InChI is InChI=1S/4ClH.Ir.H2O/h4*1H;;1H2/q;;;;+3;/p-3. The summed E-state index contributed by atoms with van der Waals surface area (Å²) in [7, 11) is 14.9. The normalized spacial score (nSPS) is 7.50. The summed E-state index contributed by atoms with van der Waals surface area (Å²) in [6.45, 7) is 0. The molecule has 0 saturated heterocycles. The van der Waals surface area contributed by atoms with E-state index in [1.807, 2.05) is 0 Å². The first kappa shape index (κ1) is 15.7. The van der Waals surface area contributed by atoms with Crippen LogP contribution in [0, 0.1) is 0 Å². The Balaban J connectivity index is -0.0000000450. The van der Waals surface area contributed by atoms with Crippen LogP contribution < -0.4 is 0 Å². The van der Waals surface area contributed by atoms with Crippen molar-refractivity contribution in [3.63, 3.8) is 0 Å². The molecule has 6 heteroatoms. The van der Waals surface area contributed by atoms with E-state index in [9.17, 15) is 0 Å². The van der Waals surface area contributed by atoms with Gasteiger partial charge in [-0.2, -0.15) is 0 Å². The molecule has 0 spiro atoms. The molecular weight excluding hydrogens is 350 g/mol. The SMILES string of the molecule is Cl.O.[Cl][Ir]([Cl])[Cl]. The van der Waals surface area contributed by atoms with Crippen molar-refractivity contribution in [1.82, 2.24) is 0 Å². The van der Waals surface area contributed by atoms with Crippen molar-refractivity contribution in [2.75, 3.05) is 0 Å². The molecule has 0 bridgehead atoms. The topological polar surface area (TPSA) is 31.5 Å². The Labute approximate surface area is 59.8 Å². The molecule has 0 aromatic carbocycles.